The molecule has 2 unspecified atom stereocenters. The van der Waals surface area contributed by atoms with E-state index in [9.17, 15) is 27.6 Å². The number of benzene rings is 1. The van der Waals surface area contributed by atoms with Crippen LogP contribution >= 0.6 is 0 Å². The lowest BCUT2D eigenvalue weighted by atomic mass is 9.82. The second-order valence-electron chi connectivity index (χ2n) is 8.34. The molecule has 0 spiro atoms. The van der Waals surface area contributed by atoms with Gasteiger partial charge in [-0.3, -0.25) is 9.59 Å². The maximum Gasteiger partial charge on any atom is 0.417 e. The van der Waals surface area contributed by atoms with Crippen LogP contribution in [0, 0.1) is 0 Å². The highest BCUT2D eigenvalue weighted by molar-refractivity contribution is 6.00. The van der Waals surface area contributed by atoms with Crippen molar-refractivity contribution in [3.63, 3.8) is 0 Å². The molecule has 0 radical (unpaired) electrons. The van der Waals surface area contributed by atoms with Gasteiger partial charge < -0.3 is 19.3 Å². The Labute approximate surface area is 171 Å². The van der Waals surface area contributed by atoms with Gasteiger partial charge in [-0.1, -0.05) is 12.1 Å². The number of methoxy groups -OCH3 is 1. The lowest BCUT2D eigenvalue weighted by molar-refractivity contribution is -0.141. The molecule has 2 aliphatic rings. The smallest absolute Gasteiger partial charge is 0.417 e. The van der Waals surface area contributed by atoms with Gasteiger partial charge in [-0.25, -0.2) is 4.79 Å². The number of ether oxygens (including phenoxy) is 2. The first-order valence-electron chi connectivity index (χ1n) is 9.39. The molecule has 1 aromatic carbocycles. The van der Waals surface area contributed by atoms with Gasteiger partial charge in [-0.05, 0) is 32.4 Å². The van der Waals surface area contributed by atoms with Gasteiger partial charge >= 0.3 is 18.2 Å². The molecular weight excluding hydrogens is 405 g/mol. The Morgan fingerprint density at radius 1 is 1.17 bits per heavy atom. The molecule has 0 aliphatic carbocycles. The summed E-state index contributed by atoms with van der Waals surface area (Å²) in [5.41, 5.74) is -2.09. The van der Waals surface area contributed by atoms with Gasteiger partial charge in [0.15, 0.2) is 0 Å². The monoisotopic (exact) mass is 428 g/mol. The third-order valence-corrected chi connectivity index (χ3v) is 5.14. The minimum absolute atomic E-state index is 0.0397. The summed E-state index contributed by atoms with van der Waals surface area (Å²) in [7, 11) is 1.13. The SMILES string of the molecule is COC(=O)CN1C(=O)c2c(cccc2C(F)(F)F)C2CN(C(=O)OC(C)(C)C)CC21. The lowest BCUT2D eigenvalue weighted by Crippen LogP contribution is -2.51. The fourth-order valence-corrected chi connectivity index (χ4v) is 3.92. The summed E-state index contributed by atoms with van der Waals surface area (Å²) in [4.78, 5) is 39.9. The van der Waals surface area contributed by atoms with E-state index in [1.807, 2.05) is 0 Å². The number of fused-ring (bicyclic) bond motifs is 3. The fraction of sp³-hybridized carbons (Fsp3) is 0.550. The van der Waals surface area contributed by atoms with Crippen molar-refractivity contribution in [2.45, 2.75) is 44.5 Å². The largest absolute Gasteiger partial charge is 0.468 e. The number of carbonyl (C=O) groups is 3. The molecule has 10 heteroatoms. The van der Waals surface area contributed by atoms with Crippen LogP contribution in [0.1, 0.15) is 48.2 Å². The van der Waals surface area contributed by atoms with Crippen LogP contribution < -0.4 is 0 Å². The number of alkyl halides is 3. The van der Waals surface area contributed by atoms with Gasteiger partial charge in [0.1, 0.15) is 12.1 Å². The second kappa shape index (κ2) is 7.48. The number of carbonyl (C=O) groups excluding carboxylic acids is 3. The Kier molecular flexibility index (Phi) is 5.46. The summed E-state index contributed by atoms with van der Waals surface area (Å²) in [6.45, 7) is 4.70. The van der Waals surface area contributed by atoms with Crippen molar-refractivity contribution in [1.29, 1.82) is 0 Å². The third-order valence-electron chi connectivity index (χ3n) is 5.14. The van der Waals surface area contributed by atoms with E-state index in [1.165, 1.54) is 17.0 Å². The first-order valence-corrected chi connectivity index (χ1v) is 9.39. The molecule has 0 N–H and O–H groups in total. The minimum Gasteiger partial charge on any atom is -0.468 e. The topological polar surface area (TPSA) is 76.2 Å². The van der Waals surface area contributed by atoms with Crippen LogP contribution in [0.3, 0.4) is 0 Å². The van der Waals surface area contributed by atoms with Crippen molar-refractivity contribution in [2.75, 3.05) is 26.7 Å². The summed E-state index contributed by atoms with van der Waals surface area (Å²) < 4.78 is 50.8. The molecule has 3 rings (SSSR count). The normalized spacial score (nSPS) is 21.2. The van der Waals surface area contributed by atoms with Gasteiger partial charge in [-0.2, -0.15) is 13.2 Å². The van der Waals surface area contributed by atoms with E-state index in [-0.39, 0.29) is 18.7 Å². The van der Waals surface area contributed by atoms with E-state index in [1.54, 1.807) is 20.8 Å². The van der Waals surface area contributed by atoms with Crippen LogP contribution in [0.4, 0.5) is 18.0 Å². The van der Waals surface area contributed by atoms with E-state index in [2.05, 4.69) is 4.74 Å². The molecule has 2 atom stereocenters. The molecule has 7 nitrogen and oxygen atoms in total. The Morgan fingerprint density at radius 2 is 1.83 bits per heavy atom. The molecule has 0 bridgehead atoms. The fourth-order valence-electron chi connectivity index (χ4n) is 3.92. The highest BCUT2D eigenvalue weighted by Crippen LogP contribution is 2.43. The molecule has 2 aliphatic heterocycles. The van der Waals surface area contributed by atoms with Gasteiger partial charge in [0, 0.05) is 19.0 Å². The van der Waals surface area contributed by atoms with Crippen LogP contribution in [-0.4, -0.2) is 66.2 Å². The van der Waals surface area contributed by atoms with Crippen LogP contribution in [-0.2, 0) is 20.4 Å². The first-order chi connectivity index (χ1) is 13.8. The number of esters is 1. The number of likely N-dealkylation sites (tertiary alicyclic amines) is 1. The highest BCUT2D eigenvalue weighted by Gasteiger charge is 2.50. The van der Waals surface area contributed by atoms with Crippen LogP contribution in [0.2, 0.25) is 0 Å². The van der Waals surface area contributed by atoms with Crippen molar-refractivity contribution < 1.29 is 37.0 Å². The zero-order chi connectivity index (χ0) is 22.4. The Morgan fingerprint density at radius 3 is 2.40 bits per heavy atom. The molecule has 0 saturated carbocycles. The van der Waals surface area contributed by atoms with Crippen LogP contribution in [0.25, 0.3) is 0 Å². The van der Waals surface area contributed by atoms with Gasteiger partial charge in [0.05, 0.1) is 24.3 Å². The standard InChI is InChI=1S/C20H23F3N2O5/c1-19(2,3)30-18(28)24-8-12-11-6-5-7-13(20(21,22)23)16(11)17(27)25(14(12)9-24)10-15(26)29-4/h5-7,12,14H,8-10H2,1-4H3. The summed E-state index contributed by atoms with van der Waals surface area (Å²) in [5.74, 6) is -2.25. The summed E-state index contributed by atoms with van der Waals surface area (Å²) in [5, 5.41) is 0. The molecular formula is C20H23F3N2O5. The van der Waals surface area contributed by atoms with Crippen molar-refractivity contribution in [3.05, 3.63) is 34.9 Å². The number of rotatable bonds is 2. The molecule has 1 saturated heterocycles. The lowest BCUT2D eigenvalue weighted by Gasteiger charge is -2.38. The zero-order valence-corrected chi connectivity index (χ0v) is 17.1. The average molecular weight is 428 g/mol. The molecule has 0 aromatic heterocycles. The Hall–Kier alpha value is -2.78. The molecule has 1 fully saturated rings. The maximum absolute atomic E-state index is 13.6. The molecule has 164 valence electrons. The average Bonchev–Trinajstić information content (AvgIpc) is 3.08. The molecule has 2 heterocycles. The predicted octanol–water partition coefficient (Wildman–Crippen LogP) is 3.04. The van der Waals surface area contributed by atoms with E-state index in [4.69, 9.17) is 4.74 Å². The van der Waals surface area contributed by atoms with Gasteiger partial charge in [-0.15, -0.1) is 0 Å². The van der Waals surface area contributed by atoms with E-state index in [0.29, 0.717) is 0 Å². The summed E-state index contributed by atoms with van der Waals surface area (Å²) in [6, 6.07) is 2.89. The first kappa shape index (κ1) is 21.9. The molecule has 30 heavy (non-hydrogen) atoms. The van der Waals surface area contributed by atoms with Crippen molar-refractivity contribution in [2.24, 2.45) is 0 Å². The zero-order valence-electron chi connectivity index (χ0n) is 17.1. The van der Waals surface area contributed by atoms with E-state index in [0.717, 1.165) is 18.1 Å². The van der Waals surface area contributed by atoms with E-state index < -0.39 is 59.4 Å². The number of amides is 2. The Balaban J connectivity index is 2.05. The maximum atomic E-state index is 13.6. The van der Waals surface area contributed by atoms with Crippen molar-refractivity contribution >= 4 is 18.0 Å². The summed E-state index contributed by atoms with van der Waals surface area (Å²) in [6.07, 6.45) is -5.37. The molecule has 2 amide bonds. The molecule has 1 aromatic rings. The number of halogens is 3. The number of nitrogens with zero attached hydrogens (tertiary/aromatic N) is 2. The van der Waals surface area contributed by atoms with E-state index >= 15 is 0 Å². The second-order valence-corrected chi connectivity index (χ2v) is 8.34. The number of hydrogen-bond donors (Lipinski definition) is 0. The quantitative estimate of drug-likeness (QED) is 0.677. The van der Waals surface area contributed by atoms with Gasteiger partial charge in [0.2, 0.25) is 0 Å². The Bertz CT molecular complexity index is 878. The third kappa shape index (κ3) is 4.08. The highest BCUT2D eigenvalue weighted by atomic mass is 19.4. The van der Waals surface area contributed by atoms with Crippen molar-refractivity contribution in [1.82, 2.24) is 9.80 Å². The van der Waals surface area contributed by atoms with Crippen LogP contribution in [0.5, 0.6) is 0 Å². The summed E-state index contributed by atoms with van der Waals surface area (Å²) >= 11 is 0. The minimum atomic E-state index is -4.74. The predicted molar refractivity (Wildman–Crippen MR) is 98.8 cm³/mol. The number of hydrogen-bond acceptors (Lipinski definition) is 5. The van der Waals surface area contributed by atoms with Crippen molar-refractivity contribution in [3.8, 4) is 0 Å². The van der Waals surface area contributed by atoms with Gasteiger partial charge in [0.25, 0.3) is 5.91 Å². The van der Waals surface area contributed by atoms with Crippen LogP contribution in [0.15, 0.2) is 18.2 Å².